The van der Waals surface area contributed by atoms with Crippen molar-refractivity contribution >= 4 is 63.9 Å². The maximum absolute atomic E-state index is 13.7. The number of fused-ring (bicyclic) bond motifs is 2. The molecule has 64 heavy (non-hydrogen) atoms. The van der Waals surface area contributed by atoms with Crippen LogP contribution in [0.5, 0.6) is 0 Å². The van der Waals surface area contributed by atoms with Crippen LogP contribution in [0.3, 0.4) is 0 Å². The molecule has 10 rings (SSSR count). The molecule has 4 aliphatic heterocycles. The summed E-state index contributed by atoms with van der Waals surface area (Å²) in [5.74, 6) is 0.0514. The summed E-state index contributed by atoms with van der Waals surface area (Å²) in [7, 11) is 3.54. The fraction of sp³-hybridized carbons (Fsp3) is 0.543. The fourth-order valence-corrected chi connectivity index (χ4v) is 10.9. The van der Waals surface area contributed by atoms with E-state index >= 15 is 0 Å². The van der Waals surface area contributed by atoms with Crippen LogP contribution in [0.25, 0.3) is 5.65 Å². The molecule has 3 aromatic heterocycles. The number of imidazole rings is 1. The van der Waals surface area contributed by atoms with Gasteiger partial charge in [-0.25, -0.2) is 19.3 Å². The van der Waals surface area contributed by atoms with Crippen LogP contribution in [0.2, 0.25) is 5.02 Å². The van der Waals surface area contributed by atoms with Crippen molar-refractivity contribution in [3.05, 3.63) is 69.8 Å². The maximum atomic E-state index is 13.7. The Morgan fingerprint density at radius 2 is 1.73 bits per heavy atom. The van der Waals surface area contributed by atoms with E-state index < -0.39 is 6.03 Å². The number of imide groups is 1. The average Bonchev–Trinajstić information content (AvgIpc) is 3.92. The number of carbonyl (C=O) groups is 4. The van der Waals surface area contributed by atoms with Gasteiger partial charge in [-0.3, -0.25) is 29.5 Å². The highest BCUT2D eigenvalue weighted by atomic mass is 35.5. The number of carbonyl (C=O) groups excluding carboxylic acids is 4. The number of methoxy groups -OCH3 is 1. The molecule has 2 saturated carbocycles. The number of nitrogens with zero attached hydrogens (tertiary/aromatic N) is 8. The minimum atomic E-state index is -0.550. The van der Waals surface area contributed by atoms with Gasteiger partial charge in [0.1, 0.15) is 5.69 Å². The van der Waals surface area contributed by atoms with Crippen LogP contribution in [0.4, 0.5) is 27.7 Å². The third-order valence-corrected chi connectivity index (χ3v) is 15.1. The molecule has 2 aliphatic carbocycles. The second-order valence-corrected chi connectivity index (χ2v) is 18.8. The van der Waals surface area contributed by atoms with Gasteiger partial charge in [-0.15, -0.1) is 5.10 Å². The number of piperidine rings is 2. The van der Waals surface area contributed by atoms with Crippen molar-refractivity contribution in [3.63, 3.8) is 0 Å². The van der Waals surface area contributed by atoms with E-state index in [4.69, 9.17) is 26.2 Å². The van der Waals surface area contributed by atoms with Gasteiger partial charge in [0.2, 0.25) is 5.91 Å². The van der Waals surface area contributed by atoms with Gasteiger partial charge in [0, 0.05) is 78.1 Å². The summed E-state index contributed by atoms with van der Waals surface area (Å²) >= 11 is 6.54. The summed E-state index contributed by atoms with van der Waals surface area (Å²) in [4.78, 5) is 68.4. The van der Waals surface area contributed by atoms with E-state index in [2.05, 4.69) is 53.9 Å². The third-order valence-electron chi connectivity index (χ3n) is 14.6. The Balaban J connectivity index is 0.711. The predicted molar refractivity (Wildman–Crippen MR) is 240 cm³/mol. The summed E-state index contributed by atoms with van der Waals surface area (Å²) in [6.45, 7) is 6.84. The van der Waals surface area contributed by atoms with Crippen LogP contribution < -0.4 is 25.8 Å². The monoisotopic (exact) mass is 893 g/mol. The second kappa shape index (κ2) is 17.2. The van der Waals surface area contributed by atoms with Gasteiger partial charge in [-0.1, -0.05) is 23.7 Å². The number of pyridine rings is 1. The van der Waals surface area contributed by atoms with Crippen molar-refractivity contribution in [1.29, 1.82) is 0 Å². The number of benzene rings is 1. The Bertz CT molecular complexity index is 2490. The van der Waals surface area contributed by atoms with Crippen LogP contribution in [-0.4, -0.2) is 131 Å². The van der Waals surface area contributed by atoms with Crippen molar-refractivity contribution < 1.29 is 28.7 Å². The lowest BCUT2D eigenvalue weighted by molar-refractivity contribution is -0.139. The molecule has 1 spiro atoms. The highest BCUT2D eigenvalue weighted by Crippen LogP contribution is 2.51. The topological polar surface area (TPSA) is 179 Å². The zero-order valence-corrected chi connectivity index (χ0v) is 37.5. The van der Waals surface area contributed by atoms with Gasteiger partial charge >= 0.3 is 6.03 Å². The molecule has 1 aromatic carbocycles. The third kappa shape index (κ3) is 7.94. The number of aromatic nitrogens is 4. The summed E-state index contributed by atoms with van der Waals surface area (Å²) in [6, 6.07) is 9.59. The Kier molecular flexibility index (Phi) is 11.5. The van der Waals surface area contributed by atoms with Gasteiger partial charge in [-0.05, 0) is 93.4 Å². The van der Waals surface area contributed by atoms with Gasteiger partial charge in [0.15, 0.2) is 17.2 Å². The highest BCUT2D eigenvalue weighted by Gasteiger charge is 2.48. The quantitative estimate of drug-likeness (QED) is 0.179. The summed E-state index contributed by atoms with van der Waals surface area (Å²) < 4.78 is 13.9. The number of urea groups is 1. The Hall–Kier alpha value is -5.36. The molecule has 3 saturated heterocycles. The number of halogens is 1. The van der Waals surface area contributed by atoms with Crippen molar-refractivity contribution in [2.75, 3.05) is 68.5 Å². The van der Waals surface area contributed by atoms with E-state index in [9.17, 15) is 19.2 Å². The molecule has 338 valence electrons. The SMILES string of the molecule is CNc1cc(N2CCc3c(CN4CCC(OC5CC6(CCN(C(=O)c7cc(N8CCC(=O)NC8=O)c(Cl)c(C)n7)CC6)C5)CC4)cccc32)nn2c(C(=O)NC3CC[C@H]3OC)cnc12. The predicted octanol–water partition coefficient (Wildman–Crippen LogP) is 5.24. The highest BCUT2D eigenvalue weighted by molar-refractivity contribution is 6.34. The number of ether oxygens (including phenoxy) is 2. The average molecular weight is 894 g/mol. The lowest BCUT2D eigenvalue weighted by atomic mass is 9.61. The molecular weight excluding hydrogens is 838 g/mol. The first-order chi connectivity index (χ1) is 31.0. The molecule has 17 nitrogen and oxygen atoms in total. The Morgan fingerprint density at radius 3 is 2.45 bits per heavy atom. The molecule has 0 bridgehead atoms. The molecule has 1 unspecified atom stereocenters. The molecule has 6 aliphatic rings. The zero-order valence-electron chi connectivity index (χ0n) is 36.7. The van der Waals surface area contributed by atoms with Gasteiger partial charge in [0.05, 0.1) is 52.6 Å². The lowest BCUT2D eigenvalue weighted by Crippen LogP contribution is -2.52. The van der Waals surface area contributed by atoms with Crippen molar-refractivity contribution in [3.8, 4) is 0 Å². The van der Waals surface area contributed by atoms with Crippen molar-refractivity contribution in [2.45, 2.75) is 102 Å². The lowest BCUT2D eigenvalue weighted by Gasteiger charge is -2.52. The van der Waals surface area contributed by atoms with E-state index in [0.29, 0.717) is 40.8 Å². The number of hydrogen-bond donors (Lipinski definition) is 3. The molecule has 2 atom stereocenters. The van der Waals surface area contributed by atoms with E-state index in [1.807, 2.05) is 18.0 Å². The minimum absolute atomic E-state index is 0.0132. The number of aryl methyl sites for hydroxylation is 1. The van der Waals surface area contributed by atoms with E-state index in [0.717, 1.165) is 101 Å². The molecule has 5 amide bonds. The standard InChI is InChI=1S/C46H56ClN11O6/c1-27-41(47)36(57-18-12-40(59)52-45(57)62)21-34(50-27)44(61)55-19-13-46(14-20-55)23-30(24-46)64-29-9-15-54(16-10-29)26-28-5-4-6-35-31(28)11-17-56(35)39-22-33(48-2)42-49-25-37(58(42)53-39)43(60)51-32-7-8-38(32)63-3/h4-6,21-22,25,29-30,32,38,48H,7-20,23-24,26H2,1-3H3,(H,51,60)(H,52,59,62)/t32?,38-/m1/s1. The number of rotatable bonds is 11. The van der Waals surface area contributed by atoms with E-state index in [1.165, 1.54) is 16.0 Å². The van der Waals surface area contributed by atoms with Crippen LogP contribution in [-0.2, 0) is 27.2 Å². The number of hydrogen-bond acceptors (Lipinski definition) is 12. The van der Waals surface area contributed by atoms with Crippen molar-refractivity contribution in [1.82, 2.24) is 40.0 Å². The summed E-state index contributed by atoms with van der Waals surface area (Å²) in [6.07, 6.45) is 10.9. The normalized spacial score (nSPS) is 22.7. The second-order valence-electron chi connectivity index (χ2n) is 18.4. The van der Waals surface area contributed by atoms with E-state index in [-0.39, 0.29) is 66.1 Å². The summed E-state index contributed by atoms with van der Waals surface area (Å²) in [5.41, 5.74) is 6.95. The molecule has 7 heterocycles. The first-order valence-electron chi connectivity index (χ1n) is 22.7. The molecule has 0 radical (unpaired) electrons. The number of likely N-dealkylation sites (tertiary alicyclic amines) is 2. The Morgan fingerprint density at radius 1 is 0.953 bits per heavy atom. The molecule has 3 N–H and O–H groups in total. The van der Waals surface area contributed by atoms with Crippen LogP contribution in [0.15, 0.2) is 36.5 Å². The first kappa shape index (κ1) is 42.6. The van der Waals surface area contributed by atoms with Crippen LogP contribution in [0.1, 0.15) is 95.6 Å². The van der Waals surface area contributed by atoms with Gasteiger partial charge in [-0.2, -0.15) is 0 Å². The van der Waals surface area contributed by atoms with E-state index in [1.54, 1.807) is 30.8 Å². The molecule has 18 heteroatoms. The number of nitrogens with one attached hydrogen (secondary N) is 3. The first-order valence-corrected chi connectivity index (χ1v) is 23.1. The molecular formula is C46H56ClN11O6. The van der Waals surface area contributed by atoms with Crippen LogP contribution >= 0.6 is 11.6 Å². The smallest absolute Gasteiger partial charge is 0.328 e. The zero-order chi connectivity index (χ0) is 44.3. The minimum Gasteiger partial charge on any atom is -0.385 e. The van der Waals surface area contributed by atoms with Crippen molar-refractivity contribution in [2.24, 2.45) is 5.41 Å². The molecule has 4 aromatic rings. The number of anilines is 4. The van der Waals surface area contributed by atoms with Crippen LogP contribution in [0, 0.1) is 12.3 Å². The van der Waals surface area contributed by atoms with Gasteiger partial charge < -0.3 is 29.9 Å². The fourth-order valence-electron chi connectivity index (χ4n) is 10.7. The largest absolute Gasteiger partial charge is 0.385 e. The number of amides is 5. The van der Waals surface area contributed by atoms with Gasteiger partial charge in [0.25, 0.3) is 11.8 Å². The summed E-state index contributed by atoms with van der Waals surface area (Å²) in [5, 5.41) is 14.0. The maximum Gasteiger partial charge on any atom is 0.328 e. The molecule has 5 fully saturated rings. The Labute approximate surface area is 377 Å².